The van der Waals surface area contributed by atoms with E-state index < -0.39 is 6.10 Å². The Morgan fingerprint density at radius 3 is 2.74 bits per heavy atom. The molecule has 0 aliphatic carbocycles. The van der Waals surface area contributed by atoms with Gasteiger partial charge in [0, 0.05) is 60.0 Å². The molecule has 176 valence electrons. The van der Waals surface area contributed by atoms with Crippen LogP contribution in [0.15, 0.2) is 41.0 Å². The Kier molecular flexibility index (Phi) is 5.65. The number of nitrogens with zero attached hydrogens (tertiary/aromatic N) is 4. The third-order valence-electron chi connectivity index (χ3n) is 7.51. The molecule has 4 heterocycles. The standard InChI is InChI=1S/C27H30FN5O/c1-14(2)22-7-16(11-29)26-17-8-25(27(30)31-12-17)34-15(3)20-9-18(28)5-6-19(20)21-13-33(4)24(21)10-23(26)32-22/h5-6,8-9,12,14-15,21-22,24H,7,10,13H2,1-4H3,(H2,30,31). The molecule has 4 unspecified atom stereocenters. The lowest BCUT2D eigenvalue weighted by Gasteiger charge is -2.48. The molecule has 1 fully saturated rings. The Morgan fingerprint density at radius 1 is 1.24 bits per heavy atom. The fourth-order valence-corrected chi connectivity index (χ4v) is 5.49. The lowest BCUT2D eigenvalue weighted by molar-refractivity contribution is 0.0944. The van der Waals surface area contributed by atoms with E-state index in [0.717, 1.165) is 40.1 Å². The summed E-state index contributed by atoms with van der Waals surface area (Å²) in [5.41, 5.74) is 11.4. The lowest BCUT2D eigenvalue weighted by Crippen LogP contribution is -2.53. The molecule has 1 aromatic carbocycles. The summed E-state index contributed by atoms with van der Waals surface area (Å²) in [6.45, 7) is 7.07. The minimum absolute atomic E-state index is 0.0593. The van der Waals surface area contributed by atoms with Gasteiger partial charge in [-0.1, -0.05) is 19.9 Å². The lowest BCUT2D eigenvalue weighted by atomic mass is 9.75. The topological polar surface area (TPSA) is 87.5 Å². The number of rotatable bonds is 1. The Bertz CT molecular complexity index is 1240. The van der Waals surface area contributed by atoms with Crippen molar-refractivity contribution in [3.8, 4) is 11.8 Å². The second kappa shape index (κ2) is 8.52. The smallest absolute Gasteiger partial charge is 0.166 e. The minimum atomic E-state index is -0.412. The highest BCUT2D eigenvalue weighted by Gasteiger charge is 2.41. The molecule has 3 aliphatic heterocycles. The van der Waals surface area contributed by atoms with Crippen molar-refractivity contribution in [1.82, 2.24) is 9.88 Å². The van der Waals surface area contributed by atoms with E-state index in [9.17, 15) is 9.65 Å². The number of hydrogen-bond acceptors (Lipinski definition) is 6. The fraction of sp³-hybridized carbons (Fsp3) is 0.444. The number of likely N-dealkylation sites (N-methyl/N-ethyl adjacent to an activating group) is 1. The highest BCUT2D eigenvalue weighted by Crippen LogP contribution is 2.43. The van der Waals surface area contributed by atoms with E-state index in [4.69, 9.17) is 15.5 Å². The van der Waals surface area contributed by atoms with Gasteiger partial charge in [0.05, 0.1) is 12.1 Å². The molecular formula is C27H30FN5O. The number of benzene rings is 1. The Hall–Kier alpha value is -3.24. The molecule has 1 saturated heterocycles. The summed E-state index contributed by atoms with van der Waals surface area (Å²) in [5.74, 6) is 0.944. The number of anilines is 1. The number of aliphatic imine (C=N–C) groups is 1. The van der Waals surface area contributed by atoms with E-state index in [1.807, 2.05) is 19.1 Å². The van der Waals surface area contributed by atoms with Crippen LogP contribution in [0, 0.1) is 23.1 Å². The number of dihydropyridines is 1. The molecule has 0 saturated carbocycles. The molecule has 5 rings (SSSR count). The maximum absolute atomic E-state index is 14.3. The molecular weight excluding hydrogens is 429 g/mol. The quantitative estimate of drug-likeness (QED) is 0.656. The van der Waals surface area contributed by atoms with Crippen molar-refractivity contribution in [2.24, 2.45) is 10.9 Å². The van der Waals surface area contributed by atoms with Gasteiger partial charge in [-0.25, -0.2) is 9.37 Å². The average Bonchev–Trinajstić information content (AvgIpc) is 2.81. The van der Waals surface area contributed by atoms with Gasteiger partial charge in [-0.2, -0.15) is 5.26 Å². The number of aromatic nitrogens is 1. The molecule has 2 N–H and O–H groups in total. The maximum Gasteiger partial charge on any atom is 0.166 e. The number of ether oxygens (including phenoxy) is 1. The van der Waals surface area contributed by atoms with Crippen LogP contribution in [0.4, 0.5) is 10.2 Å². The molecule has 0 radical (unpaired) electrons. The van der Waals surface area contributed by atoms with Crippen LogP contribution in [-0.4, -0.2) is 41.3 Å². The zero-order chi connectivity index (χ0) is 24.1. The third-order valence-corrected chi connectivity index (χ3v) is 7.51. The van der Waals surface area contributed by atoms with E-state index >= 15 is 0 Å². The van der Waals surface area contributed by atoms with E-state index in [0.29, 0.717) is 24.5 Å². The second-order valence-corrected chi connectivity index (χ2v) is 10.0. The normalized spacial score (nSPS) is 26.6. The van der Waals surface area contributed by atoms with Gasteiger partial charge in [0.25, 0.3) is 0 Å². The third kappa shape index (κ3) is 3.76. The van der Waals surface area contributed by atoms with Gasteiger partial charge >= 0.3 is 0 Å². The van der Waals surface area contributed by atoms with Crippen LogP contribution in [0.5, 0.6) is 5.75 Å². The summed E-state index contributed by atoms with van der Waals surface area (Å²) in [6, 6.07) is 9.53. The molecule has 1 aromatic heterocycles. The zero-order valence-electron chi connectivity index (χ0n) is 20.0. The van der Waals surface area contributed by atoms with Crippen LogP contribution in [0.25, 0.3) is 5.57 Å². The van der Waals surface area contributed by atoms with Gasteiger partial charge < -0.3 is 15.4 Å². The minimum Gasteiger partial charge on any atom is -0.482 e. The molecule has 3 aliphatic rings. The van der Waals surface area contributed by atoms with Gasteiger partial charge in [-0.15, -0.1) is 0 Å². The predicted octanol–water partition coefficient (Wildman–Crippen LogP) is 4.89. The highest BCUT2D eigenvalue weighted by molar-refractivity contribution is 6.26. The maximum atomic E-state index is 14.3. The summed E-state index contributed by atoms with van der Waals surface area (Å²) in [7, 11) is 2.11. The number of nitrogens with two attached hydrogens (primary N) is 1. The van der Waals surface area contributed by atoms with Crippen molar-refractivity contribution >= 4 is 17.1 Å². The Morgan fingerprint density at radius 2 is 2.03 bits per heavy atom. The summed E-state index contributed by atoms with van der Waals surface area (Å²) in [6.07, 6.45) is 2.60. The molecule has 2 bridgehead atoms. The van der Waals surface area contributed by atoms with Crippen molar-refractivity contribution in [2.75, 3.05) is 19.3 Å². The number of likely N-dealkylation sites (tertiary alicyclic amines) is 1. The first-order valence-corrected chi connectivity index (χ1v) is 11.9. The average molecular weight is 460 g/mol. The molecule has 0 spiro atoms. The van der Waals surface area contributed by atoms with E-state index in [2.05, 4.69) is 36.8 Å². The summed E-state index contributed by atoms with van der Waals surface area (Å²) < 4.78 is 20.6. The van der Waals surface area contributed by atoms with Crippen molar-refractivity contribution in [3.05, 3.63) is 58.5 Å². The zero-order valence-corrected chi connectivity index (χ0v) is 20.0. The number of hydrogen-bond donors (Lipinski definition) is 1. The van der Waals surface area contributed by atoms with E-state index in [-0.39, 0.29) is 29.6 Å². The molecule has 6 nitrogen and oxygen atoms in total. The van der Waals surface area contributed by atoms with Gasteiger partial charge in [0.15, 0.2) is 11.6 Å². The predicted molar refractivity (Wildman–Crippen MR) is 131 cm³/mol. The van der Waals surface area contributed by atoms with Crippen LogP contribution < -0.4 is 10.5 Å². The molecule has 2 aromatic rings. The van der Waals surface area contributed by atoms with Crippen LogP contribution in [-0.2, 0) is 0 Å². The number of fused-ring (bicyclic) bond motifs is 7. The first-order valence-electron chi connectivity index (χ1n) is 11.9. The molecule has 4 atom stereocenters. The van der Waals surface area contributed by atoms with Crippen molar-refractivity contribution in [1.29, 1.82) is 5.26 Å². The highest BCUT2D eigenvalue weighted by atomic mass is 19.1. The first kappa shape index (κ1) is 22.5. The van der Waals surface area contributed by atoms with Crippen LogP contribution in [0.2, 0.25) is 0 Å². The number of nitrogen functional groups attached to an aromatic ring is 1. The van der Waals surface area contributed by atoms with Crippen LogP contribution >= 0.6 is 0 Å². The fourth-order valence-electron chi connectivity index (χ4n) is 5.49. The number of nitriles is 1. The summed E-state index contributed by atoms with van der Waals surface area (Å²) in [5, 5.41) is 10.1. The summed E-state index contributed by atoms with van der Waals surface area (Å²) in [4.78, 5) is 11.9. The Labute approximate surface area is 200 Å². The summed E-state index contributed by atoms with van der Waals surface area (Å²) >= 11 is 0. The van der Waals surface area contributed by atoms with Crippen molar-refractivity contribution in [2.45, 2.75) is 57.7 Å². The SMILES string of the molecule is CC1Oc2cc(cnc2N)C2=C(C#N)CC(C(C)C)N=C2CC2C(CN2C)c2ccc(F)cc21. The van der Waals surface area contributed by atoms with Crippen LogP contribution in [0.3, 0.4) is 0 Å². The van der Waals surface area contributed by atoms with Crippen molar-refractivity contribution in [3.63, 3.8) is 0 Å². The number of halogens is 1. The van der Waals surface area contributed by atoms with Gasteiger partial charge in [0.2, 0.25) is 0 Å². The number of pyridine rings is 1. The Balaban J connectivity index is 1.72. The van der Waals surface area contributed by atoms with Gasteiger partial charge in [-0.05, 0) is 49.2 Å². The van der Waals surface area contributed by atoms with Gasteiger partial charge in [0.1, 0.15) is 11.9 Å². The van der Waals surface area contributed by atoms with Crippen molar-refractivity contribution < 1.29 is 9.13 Å². The van der Waals surface area contributed by atoms with Crippen LogP contribution in [0.1, 0.15) is 62.3 Å². The van der Waals surface area contributed by atoms with E-state index in [1.165, 1.54) is 6.07 Å². The number of allylic oxidation sites excluding steroid dienone is 1. The molecule has 0 amide bonds. The molecule has 7 heteroatoms. The first-order chi connectivity index (χ1) is 16.3. The molecule has 34 heavy (non-hydrogen) atoms. The van der Waals surface area contributed by atoms with Gasteiger partial charge in [-0.3, -0.25) is 4.99 Å². The largest absolute Gasteiger partial charge is 0.482 e. The second-order valence-electron chi connectivity index (χ2n) is 10.0. The monoisotopic (exact) mass is 459 g/mol. The van der Waals surface area contributed by atoms with E-state index in [1.54, 1.807) is 12.3 Å².